The summed E-state index contributed by atoms with van der Waals surface area (Å²) in [5, 5.41) is 8.73. The summed E-state index contributed by atoms with van der Waals surface area (Å²) in [6.45, 7) is 1.63. The molecule has 1 aromatic rings. The van der Waals surface area contributed by atoms with Gasteiger partial charge in [-0.05, 0) is 47.5 Å². The molecule has 1 rings (SSSR count). The molecule has 1 atom stereocenters. The SMILES string of the molecule is CC(CCO)NS(=O)(=O)c1ccc(N)cc1Br. The highest BCUT2D eigenvalue weighted by molar-refractivity contribution is 9.10. The van der Waals surface area contributed by atoms with Crippen molar-refractivity contribution in [3.8, 4) is 0 Å². The van der Waals surface area contributed by atoms with Crippen LogP contribution >= 0.6 is 15.9 Å². The third kappa shape index (κ3) is 3.95. The Balaban J connectivity index is 2.97. The van der Waals surface area contributed by atoms with Gasteiger partial charge in [0.15, 0.2) is 0 Å². The number of sulfonamides is 1. The first-order chi connectivity index (χ1) is 7.86. The molecule has 1 unspecified atom stereocenters. The number of aliphatic hydroxyl groups excluding tert-OH is 1. The second kappa shape index (κ2) is 5.81. The molecule has 0 aliphatic heterocycles. The lowest BCUT2D eigenvalue weighted by molar-refractivity contribution is 0.275. The molecule has 0 bridgehead atoms. The van der Waals surface area contributed by atoms with E-state index < -0.39 is 10.0 Å². The van der Waals surface area contributed by atoms with Crippen LogP contribution in [0.25, 0.3) is 0 Å². The topological polar surface area (TPSA) is 92.4 Å². The highest BCUT2D eigenvalue weighted by atomic mass is 79.9. The molecule has 7 heteroatoms. The Morgan fingerprint density at radius 2 is 2.18 bits per heavy atom. The molecule has 4 N–H and O–H groups in total. The number of anilines is 1. The molecule has 0 fully saturated rings. The predicted octanol–water partition coefficient (Wildman–Crippen LogP) is 1.08. The van der Waals surface area contributed by atoms with E-state index >= 15 is 0 Å². The van der Waals surface area contributed by atoms with Crippen LogP contribution in [-0.4, -0.2) is 26.2 Å². The molecular weight excluding hydrogens is 308 g/mol. The van der Waals surface area contributed by atoms with Crippen LogP contribution in [0.5, 0.6) is 0 Å². The van der Waals surface area contributed by atoms with Crippen LogP contribution in [-0.2, 0) is 10.0 Å². The summed E-state index contributed by atoms with van der Waals surface area (Å²) in [5.74, 6) is 0. The average Bonchev–Trinajstić information content (AvgIpc) is 2.15. The summed E-state index contributed by atoms with van der Waals surface area (Å²) in [6, 6.07) is 4.17. The first-order valence-corrected chi connectivity index (χ1v) is 7.32. The van der Waals surface area contributed by atoms with Crippen molar-refractivity contribution in [3.63, 3.8) is 0 Å². The van der Waals surface area contributed by atoms with Crippen LogP contribution in [0.15, 0.2) is 27.6 Å². The second-order valence-corrected chi connectivity index (χ2v) is 6.26. The first kappa shape index (κ1) is 14.4. The fourth-order valence-electron chi connectivity index (χ4n) is 1.32. The number of nitrogens with one attached hydrogen (secondary N) is 1. The van der Waals surface area contributed by atoms with Crippen molar-refractivity contribution in [3.05, 3.63) is 22.7 Å². The van der Waals surface area contributed by atoms with E-state index in [9.17, 15) is 8.42 Å². The standard InChI is InChI=1S/C10H15BrN2O3S/c1-7(4-5-14)13-17(15,16)10-3-2-8(12)6-9(10)11/h2-3,6-7,13-14H,4-5,12H2,1H3. The molecule has 17 heavy (non-hydrogen) atoms. The van der Waals surface area contributed by atoms with Gasteiger partial charge in [-0.15, -0.1) is 0 Å². The van der Waals surface area contributed by atoms with E-state index in [4.69, 9.17) is 10.8 Å². The molecule has 96 valence electrons. The van der Waals surface area contributed by atoms with E-state index in [0.29, 0.717) is 16.6 Å². The number of rotatable bonds is 5. The van der Waals surface area contributed by atoms with Gasteiger partial charge in [-0.2, -0.15) is 0 Å². The zero-order valence-electron chi connectivity index (χ0n) is 9.35. The largest absolute Gasteiger partial charge is 0.399 e. The lowest BCUT2D eigenvalue weighted by Crippen LogP contribution is -2.33. The van der Waals surface area contributed by atoms with Crippen molar-refractivity contribution >= 4 is 31.6 Å². The molecule has 0 saturated carbocycles. The van der Waals surface area contributed by atoms with Crippen molar-refractivity contribution < 1.29 is 13.5 Å². The van der Waals surface area contributed by atoms with Gasteiger partial charge in [-0.25, -0.2) is 13.1 Å². The van der Waals surface area contributed by atoms with Crippen molar-refractivity contribution in [2.75, 3.05) is 12.3 Å². The third-order valence-corrected chi connectivity index (χ3v) is 4.73. The van der Waals surface area contributed by atoms with Crippen LogP contribution in [0, 0.1) is 0 Å². The van der Waals surface area contributed by atoms with Gasteiger partial charge in [-0.1, -0.05) is 0 Å². The normalized spacial score (nSPS) is 13.6. The maximum atomic E-state index is 12.0. The Kier molecular flexibility index (Phi) is 4.93. The molecule has 0 saturated heterocycles. The van der Waals surface area contributed by atoms with E-state index in [1.165, 1.54) is 18.2 Å². The van der Waals surface area contributed by atoms with Crippen LogP contribution in [0.3, 0.4) is 0 Å². The number of benzene rings is 1. The van der Waals surface area contributed by atoms with Gasteiger partial charge in [0.2, 0.25) is 10.0 Å². The summed E-state index contributed by atoms with van der Waals surface area (Å²) in [5.41, 5.74) is 6.03. The number of hydrogen-bond acceptors (Lipinski definition) is 4. The van der Waals surface area contributed by atoms with E-state index in [1.807, 2.05) is 0 Å². The number of halogens is 1. The Labute approximate surface area is 109 Å². The summed E-state index contributed by atoms with van der Waals surface area (Å²) in [4.78, 5) is 0.136. The fraction of sp³-hybridized carbons (Fsp3) is 0.400. The summed E-state index contributed by atoms with van der Waals surface area (Å²) in [7, 11) is -3.59. The fourth-order valence-corrected chi connectivity index (χ4v) is 3.69. The highest BCUT2D eigenvalue weighted by Crippen LogP contribution is 2.24. The van der Waals surface area contributed by atoms with Crippen molar-refractivity contribution in [2.45, 2.75) is 24.3 Å². The van der Waals surface area contributed by atoms with Crippen LogP contribution in [0.1, 0.15) is 13.3 Å². The minimum Gasteiger partial charge on any atom is -0.399 e. The lowest BCUT2D eigenvalue weighted by atomic mass is 10.3. The smallest absolute Gasteiger partial charge is 0.241 e. The Bertz CT molecular complexity index is 490. The van der Waals surface area contributed by atoms with Gasteiger partial charge < -0.3 is 10.8 Å². The van der Waals surface area contributed by atoms with Gasteiger partial charge in [0.25, 0.3) is 0 Å². The maximum absolute atomic E-state index is 12.0. The predicted molar refractivity (Wildman–Crippen MR) is 70.0 cm³/mol. The molecule has 0 aliphatic rings. The van der Waals surface area contributed by atoms with Gasteiger partial charge in [0.1, 0.15) is 0 Å². The molecule has 0 amide bonds. The second-order valence-electron chi connectivity index (χ2n) is 3.72. The molecule has 0 heterocycles. The summed E-state index contributed by atoms with van der Waals surface area (Å²) < 4.78 is 26.9. The summed E-state index contributed by atoms with van der Waals surface area (Å²) in [6.07, 6.45) is 0.367. The molecular formula is C10H15BrN2O3S. The van der Waals surface area contributed by atoms with Crippen LogP contribution in [0.2, 0.25) is 0 Å². The molecule has 0 radical (unpaired) electrons. The quantitative estimate of drug-likeness (QED) is 0.707. The number of nitrogens with two attached hydrogens (primary N) is 1. The number of nitrogen functional groups attached to an aromatic ring is 1. The molecule has 1 aromatic carbocycles. The van der Waals surface area contributed by atoms with Crippen LogP contribution < -0.4 is 10.5 Å². The Morgan fingerprint density at radius 3 is 2.71 bits per heavy atom. The van der Waals surface area contributed by atoms with E-state index in [0.717, 1.165) is 0 Å². The molecule has 0 spiro atoms. The van der Waals surface area contributed by atoms with Crippen LogP contribution in [0.4, 0.5) is 5.69 Å². The zero-order valence-corrected chi connectivity index (χ0v) is 11.8. The summed E-state index contributed by atoms with van der Waals surface area (Å²) >= 11 is 3.16. The maximum Gasteiger partial charge on any atom is 0.241 e. The molecule has 5 nitrogen and oxygen atoms in total. The number of hydrogen-bond donors (Lipinski definition) is 3. The van der Waals surface area contributed by atoms with Crippen molar-refractivity contribution in [1.82, 2.24) is 4.72 Å². The Hall–Kier alpha value is -0.630. The highest BCUT2D eigenvalue weighted by Gasteiger charge is 2.19. The number of aliphatic hydroxyl groups is 1. The minimum atomic E-state index is -3.59. The van der Waals surface area contributed by atoms with Gasteiger partial charge in [0.05, 0.1) is 4.90 Å². The molecule has 0 aromatic heterocycles. The van der Waals surface area contributed by atoms with Gasteiger partial charge in [-0.3, -0.25) is 0 Å². The van der Waals surface area contributed by atoms with Gasteiger partial charge >= 0.3 is 0 Å². The van der Waals surface area contributed by atoms with Crippen molar-refractivity contribution in [2.24, 2.45) is 0 Å². The van der Waals surface area contributed by atoms with E-state index in [2.05, 4.69) is 20.7 Å². The first-order valence-electron chi connectivity index (χ1n) is 5.05. The third-order valence-electron chi connectivity index (χ3n) is 2.16. The van der Waals surface area contributed by atoms with Gasteiger partial charge in [0, 0.05) is 22.8 Å². The lowest BCUT2D eigenvalue weighted by Gasteiger charge is -2.14. The molecule has 0 aliphatic carbocycles. The minimum absolute atomic E-state index is 0.0629. The Morgan fingerprint density at radius 1 is 1.53 bits per heavy atom. The zero-order chi connectivity index (χ0) is 13.1. The van der Waals surface area contributed by atoms with Crippen molar-refractivity contribution in [1.29, 1.82) is 0 Å². The van der Waals surface area contributed by atoms with E-state index in [1.54, 1.807) is 6.92 Å². The van der Waals surface area contributed by atoms with E-state index in [-0.39, 0.29) is 17.5 Å². The average molecular weight is 323 g/mol. The monoisotopic (exact) mass is 322 g/mol.